The first-order chi connectivity index (χ1) is 11.4. The highest BCUT2D eigenvalue weighted by atomic mass is 32.2. The molecule has 0 atom stereocenters. The molecule has 2 rings (SSSR count). The monoisotopic (exact) mass is 366 g/mol. The molecule has 1 aromatic carbocycles. The summed E-state index contributed by atoms with van der Waals surface area (Å²) in [6, 6.07) is 5.58. The molecule has 0 aliphatic carbocycles. The minimum Gasteiger partial charge on any atom is -0.340 e. The van der Waals surface area contributed by atoms with Gasteiger partial charge < -0.3 is 4.90 Å². The topological polar surface area (TPSA) is 57.7 Å². The number of carbonyl (C=O) groups excluding carboxylic acids is 1. The van der Waals surface area contributed by atoms with Crippen LogP contribution >= 0.6 is 0 Å². The molecule has 0 aromatic heterocycles. The third kappa shape index (κ3) is 4.23. The summed E-state index contributed by atoms with van der Waals surface area (Å²) in [5, 5.41) is 0. The Hall–Kier alpha value is -1.40. The highest BCUT2D eigenvalue weighted by molar-refractivity contribution is 7.89. The van der Waals surface area contributed by atoms with Gasteiger partial charge in [-0.2, -0.15) is 4.31 Å². The fourth-order valence-electron chi connectivity index (χ4n) is 3.06. The van der Waals surface area contributed by atoms with E-state index >= 15 is 0 Å². The lowest BCUT2D eigenvalue weighted by Gasteiger charge is -2.35. The molecule has 0 N–H and O–H groups in total. The van der Waals surface area contributed by atoms with Crippen LogP contribution in [-0.4, -0.2) is 49.7 Å². The van der Waals surface area contributed by atoms with Gasteiger partial charge in [0.25, 0.3) is 0 Å². The van der Waals surface area contributed by atoms with Crippen molar-refractivity contribution in [3.8, 4) is 0 Å². The molecule has 1 aromatic rings. The maximum absolute atomic E-state index is 13.0. The second-order valence-electron chi connectivity index (χ2n) is 8.11. The number of amides is 1. The molecular formula is C19H30N2O3S. The molecule has 5 nitrogen and oxygen atoms in total. The van der Waals surface area contributed by atoms with Gasteiger partial charge in [0.05, 0.1) is 4.90 Å². The highest BCUT2D eigenvalue weighted by Gasteiger charge is 2.31. The molecule has 1 saturated heterocycles. The van der Waals surface area contributed by atoms with Crippen LogP contribution in [0.15, 0.2) is 23.1 Å². The lowest BCUT2D eigenvalue weighted by atomic mass is 9.86. The molecule has 1 heterocycles. The summed E-state index contributed by atoms with van der Waals surface area (Å²) in [5.74, 6) is 0.0260. The van der Waals surface area contributed by atoms with Gasteiger partial charge in [-0.15, -0.1) is 0 Å². The number of carbonyl (C=O) groups is 1. The molecule has 1 amide bonds. The predicted molar refractivity (Wildman–Crippen MR) is 100 cm³/mol. The number of sulfonamides is 1. The second-order valence-corrected chi connectivity index (χ2v) is 10.0. The molecular weight excluding hydrogens is 336 g/mol. The molecule has 0 radical (unpaired) electrons. The summed E-state index contributed by atoms with van der Waals surface area (Å²) in [6.07, 6.45) is 0. The van der Waals surface area contributed by atoms with Gasteiger partial charge >= 0.3 is 0 Å². The Kier molecular flexibility index (Phi) is 5.64. The van der Waals surface area contributed by atoms with Crippen LogP contribution < -0.4 is 0 Å². The van der Waals surface area contributed by atoms with E-state index in [1.54, 1.807) is 11.0 Å². The van der Waals surface area contributed by atoms with E-state index in [4.69, 9.17) is 0 Å². The molecule has 140 valence electrons. The summed E-state index contributed by atoms with van der Waals surface area (Å²) in [6.45, 7) is 13.5. The Morgan fingerprint density at radius 3 is 2.08 bits per heavy atom. The van der Waals surface area contributed by atoms with Crippen molar-refractivity contribution in [1.82, 2.24) is 9.21 Å². The fourth-order valence-corrected chi connectivity index (χ4v) is 4.69. The van der Waals surface area contributed by atoms with Crippen molar-refractivity contribution in [3.05, 3.63) is 29.3 Å². The number of rotatable bonds is 3. The Morgan fingerprint density at radius 2 is 1.64 bits per heavy atom. The Labute approximate surface area is 152 Å². The molecule has 1 aliphatic heterocycles. The third-order valence-electron chi connectivity index (χ3n) is 4.70. The predicted octanol–water partition coefficient (Wildman–Crippen LogP) is 2.78. The smallest absolute Gasteiger partial charge is 0.243 e. The summed E-state index contributed by atoms with van der Waals surface area (Å²) < 4.78 is 27.5. The maximum Gasteiger partial charge on any atom is 0.243 e. The molecule has 0 spiro atoms. The van der Waals surface area contributed by atoms with Crippen LogP contribution in [0.2, 0.25) is 0 Å². The number of benzene rings is 1. The van der Waals surface area contributed by atoms with Crippen molar-refractivity contribution in [2.75, 3.05) is 26.2 Å². The van der Waals surface area contributed by atoms with E-state index in [1.165, 1.54) is 4.31 Å². The average Bonchev–Trinajstić information content (AvgIpc) is 2.53. The second kappa shape index (κ2) is 7.08. The van der Waals surface area contributed by atoms with E-state index in [0.29, 0.717) is 31.1 Å². The maximum atomic E-state index is 13.0. The number of hydrogen-bond acceptors (Lipinski definition) is 3. The van der Waals surface area contributed by atoms with E-state index in [-0.39, 0.29) is 17.2 Å². The molecule has 25 heavy (non-hydrogen) atoms. The van der Waals surface area contributed by atoms with E-state index in [9.17, 15) is 13.2 Å². The summed E-state index contributed by atoms with van der Waals surface area (Å²) in [5.41, 5.74) is 1.88. The van der Waals surface area contributed by atoms with Crippen molar-refractivity contribution in [3.63, 3.8) is 0 Å². The zero-order chi connectivity index (χ0) is 19.0. The fraction of sp³-hybridized carbons (Fsp3) is 0.632. The van der Waals surface area contributed by atoms with Crippen LogP contribution in [0, 0.1) is 12.8 Å². The Morgan fingerprint density at radius 1 is 1.08 bits per heavy atom. The quantitative estimate of drug-likeness (QED) is 0.826. The van der Waals surface area contributed by atoms with Gasteiger partial charge in [-0.05, 0) is 29.5 Å². The molecule has 1 fully saturated rings. The van der Waals surface area contributed by atoms with Crippen molar-refractivity contribution >= 4 is 15.9 Å². The zero-order valence-electron chi connectivity index (χ0n) is 16.2. The van der Waals surface area contributed by atoms with E-state index in [1.807, 2.05) is 32.9 Å². The number of aryl methyl sites for hydroxylation is 1. The van der Waals surface area contributed by atoms with Gasteiger partial charge in [-0.1, -0.05) is 46.8 Å². The summed E-state index contributed by atoms with van der Waals surface area (Å²) in [7, 11) is -3.53. The van der Waals surface area contributed by atoms with Gasteiger partial charge in [0.2, 0.25) is 15.9 Å². The van der Waals surface area contributed by atoms with E-state index < -0.39 is 10.0 Å². The summed E-state index contributed by atoms with van der Waals surface area (Å²) in [4.78, 5) is 14.2. The lowest BCUT2D eigenvalue weighted by molar-refractivity contribution is -0.135. The molecule has 1 aliphatic rings. The molecule has 0 bridgehead atoms. The van der Waals surface area contributed by atoms with Crippen LogP contribution in [0.3, 0.4) is 0 Å². The largest absolute Gasteiger partial charge is 0.340 e. The lowest BCUT2D eigenvalue weighted by Crippen LogP contribution is -2.51. The first kappa shape index (κ1) is 19.9. The number of hydrogen-bond donors (Lipinski definition) is 0. The van der Waals surface area contributed by atoms with Crippen LogP contribution in [0.5, 0.6) is 0 Å². The van der Waals surface area contributed by atoms with Crippen molar-refractivity contribution in [2.24, 2.45) is 5.92 Å². The van der Waals surface area contributed by atoms with E-state index in [0.717, 1.165) is 11.1 Å². The Bertz CT molecular complexity index is 740. The van der Waals surface area contributed by atoms with Gasteiger partial charge in [-0.25, -0.2) is 8.42 Å². The zero-order valence-corrected chi connectivity index (χ0v) is 17.0. The van der Waals surface area contributed by atoms with Gasteiger partial charge in [-0.3, -0.25) is 4.79 Å². The molecule has 0 saturated carbocycles. The van der Waals surface area contributed by atoms with Crippen molar-refractivity contribution in [2.45, 2.75) is 51.9 Å². The average molecular weight is 367 g/mol. The first-order valence-corrected chi connectivity index (χ1v) is 10.3. The minimum absolute atomic E-state index is 0.0180. The van der Waals surface area contributed by atoms with Gasteiger partial charge in [0.15, 0.2) is 0 Å². The normalized spacial score (nSPS) is 17.2. The molecule has 6 heteroatoms. The number of nitrogens with zero attached hydrogens (tertiary/aromatic N) is 2. The van der Waals surface area contributed by atoms with Crippen molar-refractivity contribution < 1.29 is 13.2 Å². The highest BCUT2D eigenvalue weighted by Crippen LogP contribution is 2.28. The van der Waals surface area contributed by atoms with Crippen LogP contribution in [0.4, 0.5) is 0 Å². The standard InChI is InChI=1S/C19H30N2O3S/c1-14(2)18(22)20-9-11-21(12-10-20)25(23,24)17-8-7-16(13-15(17)3)19(4,5)6/h7-8,13-14H,9-12H2,1-6H3. The van der Waals surface area contributed by atoms with Crippen LogP contribution in [-0.2, 0) is 20.2 Å². The Balaban J connectivity index is 2.19. The summed E-state index contributed by atoms with van der Waals surface area (Å²) >= 11 is 0. The molecule has 0 unspecified atom stereocenters. The van der Waals surface area contributed by atoms with Crippen LogP contribution in [0.25, 0.3) is 0 Å². The van der Waals surface area contributed by atoms with Gasteiger partial charge in [0, 0.05) is 32.1 Å². The SMILES string of the molecule is Cc1cc(C(C)(C)C)ccc1S(=O)(=O)N1CCN(C(=O)C(C)C)CC1. The first-order valence-electron chi connectivity index (χ1n) is 8.84. The number of piperazine rings is 1. The van der Waals surface area contributed by atoms with E-state index in [2.05, 4.69) is 20.8 Å². The van der Waals surface area contributed by atoms with Crippen LogP contribution in [0.1, 0.15) is 45.7 Å². The third-order valence-corrected chi connectivity index (χ3v) is 6.76. The van der Waals surface area contributed by atoms with Crippen molar-refractivity contribution in [1.29, 1.82) is 0 Å². The van der Waals surface area contributed by atoms with Gasteiger partial charge in [0.1, 0.15) is 0 Å². The minimum atomic E-state index is -3.53.